The van der Waals surface area contributed by atoms with Gasteiger partial charge >= 0.3 is 17.9 Å². The van der Waals surface area contributed by atoms with Crippen LogP contribution in [0.3, 0.4) is 0 Å². The number of hydrogen-bond acceptors (Lipinski definition) is 8. The van der Waals surface area contributed by atoms with Crippen molar-refractivity contribution in [1.29, 1.82) is 0 Å². The van der Waals surface area contributed by atoms with E-state index in [9.17, 15) is 19.2 Å². The molecule has 0 aromatic rings. The van der Waals surface area contributed by atoms with Gasteiger partial charge in [0.25, 0.3) is 0 Å². The van der Waals surface area contributed by atoms with Crippen molar-refractivity contribution >= 4 is 23.7 Å². The van der Waals surface area contributed by atoms with E-state index in [2.05, 4.69) is 6.08 Å². The third kappa shape index (κ3) is 2.51. The van der Waals surface area contributed by atoms with Crippen molar-refractivity contribution in [1.82, 2.24) is 0 Å². The molecule has 3 fully saturated rings. The summed E-state index contributed by atoms with van der Waals surface area (Å²) < 4.78 is 23.1. The van der Waals surface area contributed by atoms with Crippen molar-refractivity contribution in [3.8, 4) is 0 Å². The molecule has 0 aromatic heterocycles. The van der Waals surface area contributed by atoms with Crippen LogP contribution in [0.25, 0.3) is 0 Å². The second kappa shape index (κ2) is 7.48. The summed E-state index contributed by atoms with van der Waals surface area (Å²) in [5, 5.41) is 0. The minimum absolute atomic E-state index is 0.251. The fourth-order valence-electron chi connectivity index (χ4n) is 9.91. The summed E-state index contributed by atoms with van der Waals surface area (Å²) in [4.78, 5) is 54.2. The van der Waals surface area contributed by atoms with Crippen molar-refractivity contribution < 1.29 is 38.1 Å². The van der Waals surface area contributed by atoms with E-state index in [1.165, 1.54) is 21.1 Å². The number of allylic oxidation sites excluding steroid dienone is 3. The average molecular weight is 515 g/mol. The monoisotopic (exact) mass is 514 g/mol. The molecule has 0 N–H and O–H groups in total. The van der Waals surface area contributed by atoms with Crippen molar-refractivity contribution in [2.45, 2.75) is 79.9 Å². The highest BCUT2D eigenvalue weighted by Crippen LogP contribution is 2.79. The molecule has 0 spiro atoms. The third-order valence-corrected chi connectivity index (χ3v) is 11.2. The first kappa shape index (κ1) is 26.0. The van der Waals surface area contributed by atoms with Gasteiger partial charge in [0.05, 0.1) is 25.0 Å². The minimum Gasteiger partial charge on any atom is -0.500 e. The fraction of sp³-hybridized carbons (Fsp3) is 0.724. The van der Waals surface area contributed by atoms with Gasteiger partial charge in [-0.3, -0.25) is 19.2 Å². The molecular weight excluding hydrogens is 476 g/mol. The molecule has 2 saturated carbocycles. The molecule has 0 aromatic carbocycles. The zero-order valence-electron chi connectivity index (χ0n) is 23.3. The molecule has 1 aliphatic heterocycles. The highest BCUT2D eigenvalue weighted by molar-refractivity contribution is 6.17. The number of ketones is 1. The molecule has 1 saturated heterocycles. The van der Waals surface area contributed by atoms with E-state index < -0.39 is 45.1 Å². The molecule has 4 aliphatic carbocycles. The van der Waals surface area contributed by atoms with Crippen LogP contribution in [0, 0.1) is 38.9 Å². The zero-order valence-corrected chi connectivity index (χ0v) is 23.3. The smallest absolute Gasteiger partial charge is 0.321 e. The fourth-order valence-corrected chi connectivity index (χ4v) is 9.91. The van der Waals surface area contributed by atoms with Crippen LogP contribution in [0.1, 0.15) is 67.7 Å². The molecule has 37 heavy (non-hydrogen) atoms. The van der Waals surface area contributed by atoms with Gasteiger partial charge in [-0.05, 0) is 40.0 Å². The number of ether oxygens (including phenoxy) is 4. The maximum atomic E-state index is 14.4. The predicted octanol–water partition coefficient (Wildman–Crippen LogP) is 3.92. The van der Waals surface area contributed by atoms with Crippen LogP contribution < -0.4 is 0 Å². The predicted molar refractivity (Wildman–Crippen MR) is 132 cm³/mol. The minimum atomic E-state index is -1.62. The number of fused-ring (bicyclic) bond motifs is 3. The lowest BCUT2D eigenvalue weighted by molar-refractivity contribution is -0.216. The Morgan fingerprint density at radius 2 is 1.73 bits per heavy atom. The Bertz CT molecular complexity index is 1190. The summed E-state index contributed by atoms with van der Waals surface area (Å²) >= 11 is 0. The number of Topliss-reactive ketones (excluding diaryl/α,β-unsaturated/α-hetero) is 1. The molecule has 8 atom stereocenters. The van der Waals surface area contributed by atoms with Crippen molar-refractivity contribution in [3.63, 3.8) is 0 Å². The highest BCUT2D eigenvalue weighted by Gasteiger charge is 2.85. The normalized spacial score (nSPS) is 45.3. The first-order chi connectivity index (χ1) is 17.1. The number of rotatable bonds is 3. The van der Waals surface area contributed by atoms with Crippen molar-refractivity contribution in [2.75, 3.05) is 14.2 Å². The molecule has 8 nitrogen and oxygen atoms in total. The first-order valence-electron chi connectivity index (χ1n) is 13.1. The summed E-state index contributed by atoms with van der Waals surface area (Å²) in [7, 11) is 2.84. The molecule has 8 heteroatoms. The van der Waals surface area contributed by atoms with Crippen LogP contribution in [0.4, 0.5) is 0 Å². The molecule has 202 valence electrons. The molecule has 0 amide bonds. The lowest BCUT2D eigenvalue weighted by Gasteiger charge is -2.66. The van der Waals surface area contributed by atoms with Gasteiger partial charge < -0.3 is 18.9 Å². The van der Waals surface area contributed by atoms with Gasteiger partial charge in [-0.25, -0.2) is 0 Å². The first-order valence-corrected chi connectivity index (χ1v) is 13.1. The van der Waals surface area contributed by atoms with E-state index in [0.717, 1.165) is 5.57 Å². The Balaban J connectivity index is 1.80. The van der Waals surface area contributed by atoms with Crippen LogP contribution in [-0.2, 0) is 38.1 Å². The Morgan fingerprint density at radius 1 is 1.08 bits per heavy atom. The summed E-state index contributed by atoms with van der Waals surface area (Å²) in [5.74, 6) is -1.81. The van der Waals surface area contributed by atoms with Gasteiger partial charge in [0, 0.05) is 35.2 Å². The van der Waals surface area contributed by atoms with Gasteiger partial charge in [0.2, 0.25) is 0 Å². The molecule has 0 radical (unpaired) electrons. The zero-order chi connectivity index (χ0) is 27.5. The van der Waals surface area contributed by atoms with Gasteiger partial charge in [-0.2, -0.15) is 0 Å². The molecule has 1 heterocycles. The SMILES string of the molecule is COC(=O)[C@@]12C(=O)C(C)=C(OC)[C@]1(C)C(C)=C[C@H]1[C@]34CC[C@H](OC(C)=O)C(C)(C)[C@H]3[C@H](C[C@@]12C)OC4=O. The summed E-state index contributed by atoms with van der Waals surface area (Å²) in [5.41, 5.74) is -4.01. The Kier molecular flexibility index (Phi) is 5.25. The van der Waals surface area contributed by atoms with Gasteiger partial charge in [-0.1, -0.05) is 32.4 Å². The largest absolute Gasteiger partial charge is 0.500 e. The highest BCUT2D eigenvalue weighted by atomic mass is 16.6. The third-order valence-electron chi connectivity index (χ3n) is 11.2. The molecule has 2 bridgehead atoms. The van der Waals surface area contributed by atoms with Gasteiger partial charge in [-0.15, -0.1) is 0 Å². The van der Waals surface area contributed by atoms with E-state index >= 15 is 0 Å². The van der Waals surface area contributed by atoms with Crippen LogP contribution in [-0.4, -0.2) is 50.1 Å². The lowest BCUT2D eigenvalue weighted by Crippen LogP contribution is -2.71. The van der Waals surface area contributed by atoms with Gasteiger partial charge in [0.15, 0.2) is 11.2 Å². The molecular formula is C29H38O8. The summed E-state index contributed by atoms with van der Waals surface area (Å²) in [6.45, 7) is 12.9. The van der Waals surface area contributed by atoms with E-state index in [1.807, 2.05) is 34.6 Å². The number of hydrogen-bond donors (Lipinski definition) is 0. The number of carbonyl (C=O) groups is 4. The lowest BCUT2D eigenvalue weighted by atomic mass is 9.33. The number of methoxy groups -OCH3 is 2. The van der Waals surface area contributed by atoms with E-state index in [0.29, 0.717) is 30.6 Å². The molecule has 0 unspecified atom stereocenters. The number of carbonyl (C=O) groups excluding carboxylic acids is 4. The van der Waals surface area contributed by atoms with Crippen molar-refractivity contribution in [3.05, 3.63) is 23.0 Å². The maximum Gasteiger partial charge on any atom is 0.321 e. The number of esters is 3. The van der Waals surface area contributed by atoms with E-state index in [-0.39, 0.29) is 29.7 Å². The average Bonchev–Trinajstić information content (AvgIpc) is 3.16. The van der Waals surface area contributed by atoms with Crippen LogP contribution in [0.5, 0.6) is 0 Å². The van der Waals surface area contributed by atoms with Crippen LogP contribution >= 0.6 is 0 Å². The topological polar surface area (TPSA) is 105 Å². The summed E-state index contributed by atoms with van der Waals surface area (Å²) in [6.07, 6.45) is 2.42. The second-order valence-corrected chi connectivity index (χ2v) is 12.7. The Labute approximate surface area is 218 Å². The van der Waals surface area contributed by atoms with Crippen LogP contribution in [0.2, 0.25) is 0 Å². The Hall–Kier alpha value is -2.64. The summed E-state index contributed by atoms with van der Waals surface area (Å²) in [6, 6.07) is 0. The molecule has 5 rings (SSSR count). The maximum absolute atomic E-state index is 14.4. The second-order valence-electron chi connectivity index (χ2n) is 12.7. The Morgan fingerprint density at radius 3 is 2.30 bits per heavy atom. The van der Waals surface area contributed by atoms with E-state index in [4.69, 9.17) is 18.9 Å². The van der Waals surface area contributed by atoms with Gasteiger partial charge in [0.1, 0.15) is 18.0 Å². The van der Waals surface area contributed by atoms with E-state index in [1.54, 1.807) is 6.92 Å². The standard InChI is InChI=1S/C29H38O8/c1-14-12-18-26(6,29(24(33)35-9)21(31)15(2)22(34-8)27(14,29)7)13-17-20-25(4,5)19(36-16(3)30)10-11-28(18,20)23(32)37-17/h12,17-20H,10-11,13H2,1-9H3/t17-,18+,19-,20+,26-,27-,28+,29+/m0/s1. The van der Waals surface area contributed by atoms with Crippen molar-refractivity contribution in [2.24, 2.45) is 38.9 Å². The van der Waals surface area contributed by atoms with Crippen LogP contribution in [0.15, 0.2) is 23.0 Å². The molecule has 5 aliphatic rings. The quantitative estimate of drug-likeness (QED) is 0.242.